The average molecular weight is 621 g/mol. The van der Waals surface area contributed by atoms with Gasteiger partial charge in [0.15, 0.2) is 0 Å². The molecule has 1 aliphatic rings. The summed E-state index contributed by atoms with van der Waals surface area (Å²) >= 11 is -2.81. The quantitative estimate of drug-likeness (QED) is 0.288. The zero-order valence-electron chi connectivity index (χ0n) is 24.1. The van der Waals surface area contributed by atoms with Crippen molar-refractivity contribution in [1.82, 2.24) is 19.9 Å². The topological polar surface area (TPSA) is 97.8 Å². The molecule has 3 N–H and O–H groups in total. The molecule has 0 spiro atoms. The number of aromatic nitrogens is 3. The number of amides is 1. The molecule has 0 aromatic carbocycles. The molecule has 9 heteroatoms. The Morgan fingerprint density at radius 2 is 1.76 bits per heavy atom. The zero-order valence-corrected chi connectivity index (χ0v) is 27.0. The molecule has 1 aliphatic heterocycles. The first kappa shape index (κ1) is 29.8. The molecule has 1 saturated heterocycles. The predicted octanol–water partition coefficient (Wildman–Crippen LogP) is 5.86. The number of piperidine rings is 1. The van der Waals surface area contributed by atoms with Gasteiger partial charge < -0.3 is 0 Å². The average Bonchev–Trinajstić information content (AvgIpc) is 3.24. The van der Waals surface area contributed by atoms with Gasteiger partial charge in [0.25, 0.3) is 0 Å². The van der Waals surface area contributed by atoms with Crippen molar-refractivity contribution >= 4 is 45.2 Å². The molecule has 1 amide bonds. The van der Waals surface area contributed by atoms with E-state index >= 15 is 0 Å². The van der Waals surface area contributed by atoms with Gasteiger partial charge in [-0.25, -0.2) is 0 Å². The van der Waals surface area contributed by atoms with Crippen LogP contribution < -0.4 is 19.7 Å². The number of unbranched alkanes of at least 4 members (excludes halogenated alkanes) is 3. The Balaban J connectivity index is 2.01. The van der Waals surface area contributed by atoms with E-state index in [1.807, 2.05) is 20.8 Å². The molecule has 0 radical (unpaired) electrons. The molecule has 1 atom stereocenters. The standard InChI is InChI=1S/C16H23N6O2.3C4H9.Sn/c1-16(2,3)24-15(23)20-11-5-4-7-21(9-11)12-6-8-22-13(12)14(17)18-10-19-22;3*1-3-4-2;/h6,10-11H,4-5,7,9H2,1-3H3,(H,20,23)(H2,17,18,19);3*1,3-4H2,2H3;/t11-;;;;/m1..../s1. The van der Waals surface area contributed by atoms with Crippen LogP contribution in [0.4, 0.5) is 16.3 Å². The van der Waals surface area contributed by atoms with Crippen LogP contribution in [0.25, 0.3) is 5.52 Å². The number of ether oxygens (including phenoxy) is 1. The van der Waals surface area contributed by atoms with E-state index < -0.39 is 24.0 Å². The third-order valence-corrected chi connectivity index (χ3v) is 23.0. The summed E-state index contributed by atoms with van der Waals surface area (Å²) in [5, 5.41) is 7.92. The van der Waals surface area contributed by atoms with Gasteiger partial charge in [-0.2, -0.15) is 0 Å². The first-order valence-electron chi connectivity index (χ1n) is 14.5. The van der Waals surface area contributed by atoms with Crippen LogP contribution in [-0.4, -0.2) is 63.8 Å². The second kappa shape index (κ2) is 13.4. The SMILES string of the molecule is CCC[CH2][Sn]([CH2]CCC)([CH2]CCC)[c]1cc(N2CCC[C@@H](NC(=O)OC(C)(C)C)C2)c2c(N)ncnn12. The van der Waals surface area contributed by atoms with E-state index in [-0.39, 0.29) is 12.1 Å². The molecular weight excluding hydrogens is 571 g/mol. The van der Waals surface area contributed by atoms with E-state index in [1.165, 1.54) is 55.5 Å². The summed E-state index contributed by atoms with van der Waals surface area (Å²) in [7, 11) is 0. The number of hydrogen-bond donors (Lipinski definition) is 2. The number of fused-ring (bicyclic) bond motifs is 1. The van der Waals surface area contributed by atoms with Crippen LogP contribution in [-0.2, 0) is 4.74 Å². The Kier molecular flexibility index (Phi) is 10.8. The Bertz CT molecular complexity index is 996. The molecule has 8 nitrogen and oxygen atoms in total. The number of hydrogen-bond acceptors (Lipinski definition) is 6. The van der Waals surface area contributed by atoms with Gasteiger partial charge in [0.05, 0.1) is 0 Å². The maximum atomic E-state index is 12.5. The van der Waals surface area contributed by atoms with Crippen LogP contribution >= 0.6 is 0 Å². The molecule has 37 heavy (non-hydrogen) atoms. The molecule has 0 bridgehead atoms. The first-order chi connectivity index (χ1) is 17.6. The summed E-state index contributed by atoms with van der Waals surface area (Å²) in [5.41, 5.74) is 8.11. The number of rotatable bonds is 12. The molecule has 3 heterocycles. The molecule has 3 rings (SSSR count). The fourth-order valence-corrected chi connectivity index (χ4v) is 21.9. The number of nitrogens with one attached hydrogen (secondary N) is 1. The minimum atomic E-state index is -2.81. The normalized spacial score (nSPS) is 16.8. The van der Waals surface area contributed by atoms with E-state index in [1.54, 1.807) is 6.33 Å². The fraction of sp³-hybridized carbons (Fsp3) is 0.750. The van der Waals surface area contributed by atoms with Crippen molar-refractivity contribution < 1.29 is 9.53 Å². The summed E-state index contributed by atoms with van der Waals surface area (Å²) in [6.07, 6.45) is 10.8. The van der Waals surface area contributed by atoms with Crippen LogP contribution in [0.15, 0.2) is 12.4 Å². The van der Waals surface area contributed by atoms with Crippen LogP contribution in [0.1, 0.15) is 92.9 Å². The van der Waals surface area contributed by atoms with Crippen molar-refractivity contribution in [3.8, 4) is 0 Å². The third-order valence-electron chi connectivity index (χ3n) is 7.62. The first-order valence-corrected chi connectivity index (χ1v) is 22.0. The Labute approximate surface area is 228 Å². The van der Waals surface area contributed by atoms with E-state index in [2.05, 4.69) is 46.6 Å². The van der Waals surface area contributed by atoms with Crippen molar-refractivity contribution in [3.05, 3.63) is 12.4 Å². The number of carbonyl (C=O) groups excluding carboxylic acids is 1. The molecule has 2 aromatic heterocycles. The van der Waals surface area contributed by atoms with Gasteiger partial charge in [0, 0.05) is 0 Å². The van der Waals surface area contributed by atoms with Gasteiger partial charge in [-0.15, -0.1) is 0 Å². The second-order valence-electron chi connectivity index (χ2n) is 11.8. The Morgan fingerprint density at radius 3 is 2.32 bits per heavy atom. The van der Waals surface area contributed by atoms with Crippen molar-refractivity contribution in [3.63, 3.8) is 0 Å². The molecule has 0 unspecified atom stereocenters. The molecule has 0 saturated carbocycles. The summed E-state index contributed by atoms with van der Waals surface area (Å²) in [4.78, 5) is 19.3. The molecule has 1 fully saturated rings. The summed E-state index contributed by atoms with van der Waals surface area (Å²) in [6.45, 7) is 14.3. The van der Waals surface area contributed by atoms with Gasteiger partial charge in [0.2, 0.25) is 0 Å². The van der Waals surface area contributed by atoms with Gasteiger partial charge in [-0.1, -0.05) is 0 Å². The number of nitrogens with two attached hydrogens (primary N) is 1. The fourth-order valence-electron chi connectivity index (χ4n) is 5.76. The van der Waals surface area contributed by atoms with Crippen LogP contribution in [0.3, 0.4) is 0 Å². The summed E-state index contributed by atoms with van der Waals surface area (Å²) in [5.74, 6) is 0.542. The van der Waals surface area contributed by atoms with E-state index in [4.69, 9.17) is 15.6 Å². The molecule has 208 valence electrons. The van der Waals surface area contributed by atoms with Gasteiger partial charge in [0.1, 0.15) is 0 Å². The van der Waals surface area contributed by atoms with Crippen LogP contribution in [0.5, 0.6) is 0 Å². The van der Waals surface area contributed by atoms with Crippen molar-refractivity contribution in [1.29, 1.82) is 0 Å². The van der Waals surface area contributed by atoms with Crippen LogP contribution in [0.2, 0.25) is 13.3 Å². The minimum absolute atomic E-state index is 0.0291. The summed E-state index contributed by atoms with van der Waals surface area (Å²) < 4.78 is 13.3. The van der Waals surface area contributed by atoms with E-state index in [9.17, 15) is 4.79 Å². The third kappa shape index (κ3) is 7.67. The Hall–Kier alpha value is -1.71. The monoisotopic (exact) mass is 622 g/mol. The maximum absolute atomic E-state index is 12.5. The second-order valence-corrected chi connectivity index (χ2v) is 24.9. The number of anilines is 2. The van der Waals surface area contributed by atoms with Crippen molar-refractivity contribution in [2.24, 2.45) is 0 Å². The van der Waals surface area contributed by atoms with Gasteiger partial charge in [-0.3, -0.25) is 0 Å². The van der Waals surface area contributed by atoms with Crippen LogP contribution in [0, 0.1) is 0 Å². The number of alkyl carbamates (subject to hydrolysis) is 1. The molecule has 2 aromatic rings. The predicted molar refractivity (Wildman–Crippen MR) is 157 cm³/mol. The zero-order chi connectivity index (χ0) is 27.1. The number of nitrogen functional groups attached to an aromatic ring is 1. The molecule has 0 aliphatic carbocycles. The number of carbonyl (C=O) groups is 1. The van der Waals surface area contributed by atoms with Crippen molar-refractivity contribution in [2.45, 2.75) is 118 Å². The van der Waals surface area contributed by atoms with Gasteiger partial charge >= 0.3 is 229 Å². The van der Waals surface area contributed by atoms with Crippen molar-refractivity contribution in [2.75, 3.05) is 23.7 Å². The van der Waals surface area contributed by atoms with Gasteiger partial charge in [-0.05, 0) is 0 Å². The van der Waals surface area contributed by atoms with E-state index in [0.29, 0.717) is 5.82 Å². The Morgan fingerprint density at radius 1 is 1.14 bits per heavy atom. The van der Waals surface area contributed by atoms with E-state index in [0.717, 1.165) is 37.1 Å². The number of nitrogens with zero attached hydrogens (tertiary/aromatic N) is 4. The summed E-state index contributed by atoms with van der Waals surface area (Å²) in [6, 6.07) is 2.47. The molecular formula is C28H50N6O2Sn.